The molecule has 224 valence electrons. The first kappa shape index (κ1) is 28.7. The van der Waals surface area contributed by atoms with Crippen molar-refractivity contribution >= 4 is 29.4 Å². The van der Waals surface area contributed by atoms with Gasteiger partial charge in [0.05, 0.1) is 14.2 Å². The number of hydrogen-bond donors (Lipinski definition) is 1. The minimum Gasteiger partial charge on any atom is -0.495 e. The van der Waals surface area contributed by atoms with Crippen LogP contribution in [0.15, 0.2) is 45.8 Å². The topological polar surface area (TPSA) is 83.3 Å². The van der Waals surface area contributed by atoms with E-state index in [0.29, 0.717) is 53.8 Å². The number of carbonyl (C=O) groups excluding carboxylic acids is 1. The van der Waals surface area contributed by atoms with Gasteiger partial charge in [0.1, 0.15) is 16.4 Å². The molecule has 1 aromatic heterocycles. The SMILES string of the molecule is COc1cc(C(=O)N2CCN(C)[C@H](C)C2)cc(OC)c1SNc1noc(-c2cccc(N3CCC3)c2)c1CC1CC1C. The molecule has 2 aliphatic heterocycles. The van der Waals surface area contributed by atoms with E-state index in [-0.39, 0.29) is 5.91 Å². The van der Waals surface area contributed by atoms with Crippen molar-refractivity contribution in [2.24, 2.45) is 11.8 Å². The van der Waals surface area contributed by atoms with Gasteiger partial charge in [-0.2, -0.15) is 0 Å². The first-order chi connectivity index (χ1) is 20.4. The number of anilines is 2. The molecule has 3 aliphatic rings. The third-order valence-corrected chi connectivity index (χ3v) is 9.97. The first-order valence-electron chi connectivity index (χ1n) is 14.9. The monoisotopic (exact) mass is 591 g/mol. The molecule has 0 radical (unpaired) electrons. The Balaban J connectivity index is 1.25. The van der Waals surface area contributed by atoms with Crippen LogP contribution in [-0.2, 0) is 6.42 Å². The predicted octanol–water partition coefficient (Wildman–Crippen LogP) is 5.66. The third kappa shape index (κ3) is 5.79. The number of carbonyl (C=O) groups is 1. The zero-order chi connectivity index (χ0) is 29.4. The van der Waals surface area contributed by atoms with Crippen molar-refractivity contribution in [3.8, 4) is 22.8 Å². The number of nitrogens with zero attached hydrogens (tertiary/aromatic N) is 4. The maximum atomic E-state index is 13.4. The fourth-order valence-corrected chi connectivity index (χ4v) is 6.63. The van der Waals surface area contributed by atoms with E-state index in [0.717, 1.165) is 47.8 Å². The zero-order valence-corrected chi connectivity index (χ0v) is 26.0. The van der Waals surface area contributed by atoms with Gasteiger partial charge in [0.25, 0.3) is 5.91 Å². The van der Waals surface area contributed by atoms with E-state index in [1.807, 2.05) is 4.90 Å². The molecule has 3 heterocycles. The molecule has 6 rings (SSSR count). The smallest absolute Gasteiger partial charge is 0.254 e. The van der Waals surface area contributed by atoms with Crippen molar-refractivity contribution in [1.29, 1.82) is 0 Å². The quantitative estimate of drug-likeness (QED) is 0.300. The number of aromatic nitrogens is 1. The molecule has 1 aliphatic carbocycles. The largest absolute Gasteiger partial charge is 0.495 e. The molecule has 3 atom stereocenters. The normalized spacial score (nSPS) is 22.1. The molecule has 2 aromatic carbocycles. The van der Waals surface area contributed by atoms with Crippen LogP contribution in [-0.4, -0.2) is 80.9 Å². The summed E-state index contributed by atoms with van der Waals surface area (Å²) in [5, 5.41) is 4.49. The van der Waals surface area contributed by atoms with Crippen molar-refractivity contribution in [3.05, 3.63) is 47.5 Å². The van der Waals surface area contributed by atoms with Gasteiger partial charge in [0.15, 0.2) is 11.6 Å². The molecule has 2 saturated heterocycles. The van der Waals surface area contributed by atoms with Gasteiger partial charge in [-0.15, -0.1) is 0 Å². The molecule has 1 amide bonds. The fraction of sp³-hybridized carbons (Fsp3) is 0.500. The fourth-order valence-electron chi connectivity index (χ4n) is 5.79. The number of nitrogens with one attached hydrogen (secondary N) is 1. The Morgan fingerprint density at radius 3 is 2.45 bits per heavy atom. The summed E-state index contributed by atoms with van der Waals surface area (Å²) in [5.74, 6) is 3.98. The number of rotatable bonds is 10. The summed E-state index contributed by atoms with van der Waals surface area (Å²) in [4.78, 5) is 20.7. The highest BCUT2D eigenvalue weighted by Crippen LogP contribution is 2.46. The predicted molar refractivity (Wildman–Crippen MR) is 167 cm³/mol. The Hall–Kier alpha value is -3.37. The summed E-state index contributed by atoms with van der Waals surface area (Å²) >= 11 is 1.36. The molecule has 42 heavy (non-hydrogen) atoms. The number of ether oxygens (including phenoxy) is 2. The van der Waals surface area contributed by atoms with Crippen LogP contribution in [0.4, 0.5) is 11.5 Å². The number of piperazine rings is 1. The molecule has 0 spiro atoms. The minimum atomic E-state index is -0.0153. The molecule has 9 nitrogen and oxygen atoms in total. The summed E-state index contributed by atoms with van der Waals surface area (Å²) in [6.07, 6.45) is 3.36. The van der Waals surface area contributed by atoms with E-state index in [1.54, 1.807) is 26.4 Å². The zero-order valence-electron chi connectivity index (χ0n) is 25.2. The average Bonchev–Trinajstić information content (AvgIpc) is 3.52. The lowest BCUT2D eigenvalue weighted by molar-refractivity contribution is 0.0571. The van der Waals surface area contributed by atoms with Crippen LogP contribution in [0, 0.1) is 11.8 Å². The van der Waals surface area contributed by atoms with E-state index in [1.165, 1.54) is 30.5 Å². The summed E-state index contributed by atoms with van der Waals surface area (Å²) in [6, 6.07) is 12.5. The van der Waals surface area contributed by atoms with Crippen LogP contribution in [0.3, 0.4) is 0 Å². The van der Waals surface area contributed by atoms with Gasteiger partial charge >= 0.3 is 0 Å². The highest BCUT2D eigenvalue weighted by Gasteiger charge is 2.35. The van der Waals surface area contributed by atoms with Crippen LogP contribution >= 0.6 is 11.9 Å². The second kappa shape index (κ2) is 12.1. The minimum absolute atomic E-state index is 0.0153. The number of methoxy groups -OCH3 is 2. The van der Waals surface area contributed by atoms with Crippen LogP contribution in [0.2, 0.25) is 0 Å². The lowest BCUT2D eigenvalue weighted by atomic mass is 10.0. The Morgan fingerprint density at radius 1 is 1.10 bits per heavy atom. The number of hydrogen-bond acceptors (Lipinski definition) is 9. The summed E-state index contributed by atoms with van der Waals surface area (Å²) in [5.41, 5.74) is 3.91. The Bertz CT molecular complexity index is 1420. The van der Waals surface area contributed by atoms with Gasteiger partial charge in [0.2, 0.25) is 0 Å². The summed E-state index contributed by atoms with van der Waals surface area (Å²) in [7, 11) is 5.32. The van der Waals surface area contributed by atoms with Crippen molar-refractivity contribution < 1.29 is 18.8 Å². The van der Waals surface area contributed by atoms with Crippen LogP contribution in [0.1, 0.15) is 42.6 Å². The summed E-state index contributed by atoms with van der Waals surface area (Å²) < 4.78 is 21.0. The van der Waals surface area contributed by atoms with E-state index >= 15 is 0 Å². The molecule has 2 unspecified atom stereocenters. The number of likely N-dealkylation sites (N-methyl/N-ethyl adjacent to an activating group) is 1. The van der Waals surface area contributed by atoms with Gasteiger partial charge < -0.3 is 33.4 Å². The molecule has 3 fully saturated rings. The van der Waals surface area contributed by atoms with Crippen molar-refractivity contribution in [2.75, 3.05) is 63.6 Å². The van der Waals surface area contributed by atoms with Crippen molar-refractivity contribution in [2.45, 2.75) is 44.0 Å². The van der Waals surface area contributed by atoms with Gasteiger partial charge in [-0.1, -0.05) is 24.2 Å². The lowest BCUT2D eigenvalue weighted by Crippen LogP contribution is -2.52. The number of benzene rings is 2. The molecular formula is C32H41N5O4S. The maximum Gasteiger partial charge on any atom is 0.254 e. The molecule has 0 bridgehead atoms. The standard InChI is InChI=1S/C32H41N5O4S/c1-20-14-23(20)16-26-29(22-8-6-9-25(15-22)36-10-7-11-36)41-33-31(26)34-42-30-27(39-4)17-24(18-28(30)40-5)32(38)37-13-12-35(3)21(2)19-37/h6,8-9,15,17-18,20-21,23H,7,10-14,16,19H2,1-5H3,(H,33,34)/t20?,21-,23?/m1/s1. The van der Waals surface area contributed by atoms with Crippen LogP contribution in [0.5, 0.6) is 11.5 Å². The molecule has 10 heteroatoms. The van der Waals surface area contributed by atoms with Crippen molar-refractivity contribution in [1.82, 2.24) is 15.0 Å². The van der Waals surface area contributed by atoms with Crippen LogP contribution < -0.4 is 19.1 Å². The second-order valence-electron chi connectivity index (χ2n) is 11.9. The first-order valence-corrected chi connectivity index (χ1v) is 15.7. The summed E-state index contributed by atoms with van der Waals surface area (Å²) in [6.45, 7) is 8.86. The Kier molecular flexibility index (Phi) is 8.27. The highest BCUT2D eigenvalue weighted by molar-refractivity contribution is 8.00. The van der Waals surface area contributed by atoms with E-state index < -0.39 is 0 Å². The highest BCUT2D eigenvalue weighted by atomic mass is 32.2. The maximum absolute atomic E-state index is 13.4. The average molecular weight is 592 g/mol. The van der Waals surface area contributed by atoms with E-state index in [9.17, 15) is 4.79 Å². The molecule has 3 aromatic rings. The Morgan fingerprint density at radius 2 is 1.83 bits per heavy atom. The van der Waals surface area contributed by atoms with Crippen molar-refractivity contribution in [3.63, 3.8) is 0 Å². The Labute approximate surface area is 252 Å². The molecule has 1 N–H and O–H groups in total. The molecule has 1 saturated carbocycles. The second-order valence-corrected chi connectivity index (χ2v) is 12.7. The van der Waals surface area contributed by atoms with Gasteiger partial charge in [-0.3, -0.25) is 4.79 Å². The van der Waals surface area contributed by atoms with Crippen LogP contribution in [0.25, 0.3) is 11.3 Å². The lowest BCUT2D eigenvalue weighted by Gasteiger charge is -2.37. The van der Waals surface area contributed by atoms with Gasteiger partial charge in [-0.05, 0) is 81.3 Å². The number of amides is 1. The van der Waals surface area contributed by atoms with Gasteiger partial charge in [-0.25, -0.2) is 0 Å². The third-order valence-electron chi connectivity index (χ3n) is 9.06. The van der Waals surface area contributed by atoms with Gasteiger partial charge in [0, 0.05) is 61.1 Å². The van der Waals surface area contributed by atoms with E-state index in [2.05, 4.69) is 64.8 Å². The van der Waals surface area contributed by atoms with E-state index in [4.69, 9.17) is 14.0 Å². The molecular weight excluding hydrogens is 550 g/mol.